The van der Waals surface area contributed by atoms with Crippen LogP contribution in [0.2, 0.25) is 0 Å². The highest BCUT2D eigenvalue weighted by Gasteiger charge is 2.34. The summed E-state index contributed by atoms with van der Waals surface area (Å²) >= 11 is 0.936. The molecule has 2 aliphatic heterocycles. The molecule has 0 radical (unpaired) electrons. The fraction of sp³-hybridized carbons (Fsp3) is 0.250. The largest absolute Gasteiger partial charge is 0.478 e. The Morgan fingerprint density at radius 1 is 1.21 bits per heavy atom. The van der Waals surface area contributed by atoms with Crippen LogP contribution in [0.4, 0.5) is 5.00 Å². The summed E-state index contributed by atoms with van der Waals surface area (Å²) in [4.78, 5) is 34.7. The molecular weight excluding hydrogens is 476 g/mol. The fourth-order valence-corrected chi connectivity index (χ4v) is 5.98. The minimum Gasteiger partial charge on any atom is -0.478 e. The Morgan fingerprint density at radius 3 is 2.61 bits per heavy atom. The minimum atomic E-state index is -3.74. The van der Waals surface area contributed by atoms with Gasteiger partial charge in [0, 0.05) is 11.3 Å². The molecule has 1 aromatic carbocycles. The number of rotatable bonds is 6. The Labute approximate surface area is 191 Å². The minimum absolute atomic E-state index is 0.0308. The van der Waals surface area contributed by atoms with Crippen LogP contribution in [0.5, 0.6) is 0 Å². The van der Waals surface area contributed by atoms with E-state index in [1.54, 1.807) is 30.3 Å². The first-order valence-corrected chi connectivity index (χ1v) is 11.9. The fourth-order valence-electron chi connectivity index (χ4n) is 3.53. The summed E-state index contributed by atoms with van der Waals surface area (Å²) < 4.78 is 38.6. The van der Waals surface area contributed by atoms with Gasteiger partial charge >= 0.3 is 17.8 Å². The van der Waals surface area contributed by atoms with Crippen molar-refractivity contribution in [2.45, 2.75) is 25.4 Å². The van der Waals surface area contributed by atoms with Crippen molar-refractivity contribution in [1.29, 1.82) is 0 Å². The molecule has 3 heterocycles. The lowest BCUT2D eigenvalue weighted by Crippen LogP contribution is -2.34. The molecule has 13 heteroatoms. The third-order valence-corrected chi connectivity index (χ3v) is 7.61. The van der Waals surface area contributed by atoms with Crippen LogP contribution in [0.3, 0.4) is 0 Å². The molecule has 0 aliphatic carbocycles. The molecule has 0 saturated heterocycles. The van der Waals surface area contributed by atoms with Gasteiger partial charge in [-0.25, -0.2) is 18.0 Å². The summed E-state index contributed by atoms with van der Waals surface area (Å²) in [6.45, 7) is 0.00959. The average Bonchev–Trinajstić information content (AvgIpc) is 3.28. The van der Waals surface area contributed by atoms with Crippen molar-refractivity contribution in [3.8, 4) is 0 Å². The van der Waals surface area contributed by atoms with Gasteiger partial charge in [-0.2, -0.15) is 4.72 Å². The lowest BCUT2D eigenvalue weighted by atomic mass is 10.0. The normalized spacial score (nSPS) is 21.2. The SMILES string of the molecule is O=C(O)C(=O)Nc1sc2c(c1C(=O)O)CC(COC1C=C(c3ccccc3)S(=O)(=O)N1)OC2. The number of thiophene rings is 1. The van der Waals surface area contributed by atoms with E-state index in [-0.39, 0.29) is 35.1 Å². The lowest BCUT2D eigenvalue weighted by Gasteiger charge is -2.24. The number of hydrogen-bond donors (Lipinski definition) is 4. The second-order valence-electron chi connectivity index (χ2n) is 7.18. The molecule has 33 heavy (non-hydrogen) atoms. The van der Waals surface area contributed by atoms with Crippen molar-refractivity contribution in [2.24, 2.45) is 0 Å². The maximum Gasteiger partial charge on any atom is 0.394 e. The van der Waals surface area contributed by atoms with Crippen LogP contribution in [0.25, 0.3) is 4.91 Å². The summed E-state index contributed by atoms with van der Waals surface area (Å²) in [6, 6.07) is 8.56. The number of carbonyl (C=O) groups is 3. The third-order valence-electron chi connectivity index (χ3n) is 4.99. The number of carboxylic acids is 2. The number of benzene rings is 1. The predicted molar refractivity (Wildman–Crippen MR) is 116 cm³/mol. The molecular formula is C20H18N2O9S2. The highest BCUT2D eigenvalue weighted by molar-refractivity contribution is 7.99. The molecule has 2 aromatic rings. The number of fused-ring (bicyclic) bond motifs is 1. The van der Waals surface area contributed by atoms with Crippen LogP contribution in [-0.4, -0.2) is 55.4 Å². The van der Waals surface area contributed by atoms with Crippen LogP contribution in [0.15, 0.2) is 36.4 Å². The number of sulfonamides is 1. The van der Waals surface area contributed by atoms with Crippen molar-refractivity contribution in [3.05, 3.63) is 58.0 Å². The van der Waals surface area contributed by atoms with Crippen LogP contribution in [0, 0.1) is 0 Å². The van der Waals surface area contributed by atoms with Gasteiger partial charge in [0.15, 0.2) is 0 Å². The Bertz CT molecular complexity index is 1250. The van der Waals surface area contributed by atoms with E-state index < -0.39 is 40.2 Å². The maximum atomic E-state index is 12.4. The summed E-state index contributed by atoms with van der Waals surface area (Å²) in [5, 5.41) is 20.4. The molecule has 2 atom stereocenters. The molecule has 0 saturated carbocycles. The summed E-state index contributed by atoms with van der Waals surface area (Å²) in [5.41, 5.74) is 0.751. The van der Waals surface area contributed by atoms with Crippen molar-refractivity contribution in [3.63, 3.8) is 0 Å². The Morgan fingerprint density at radius 2 is 1.94 bits per heavy atom. The van der Waals surface area contributed by atoms with Crippen LogP contribution >= 0.6 is 11.3 Å². The van der Waals surface area contributed by atoms with Crippen LogP contribution in [0.1, 0.15) is 26.4 Å². The molecule has 174 valence electrons. The van der Waals surface area contributed by atoms with E-state index in [1.807, 2.05) is 0 Å². The molecule has 0 fully saturated rings. The number of carbonyl (C=O) groups excluding carboxylic acids is 1. The number of hydrogen-bond acceptors (Lipinski definition) is 8. The van der Waals surface area contributed by atoms with Gasteiger partial charge in [-0.05, 0) is 17.2 Å². The molecule has 4 N–H and O–H groups in total. The Kier molecular flexibility index (Phi) is 6.32. The highest BCUT2D eigenvalue weighted by atomic mass is 32.2. The van der Waals surface area contributed by atoms with Crippen molar-refractivity contribution < 1.29 is 42.5 Å². The second kappa shape index (κ2) is 9.03. The lowest BCUT2D eigenvalue weighted by molar-refractivity contribution is -0.147. The van der Waals surface area contributed by atoms with Crippen molar-refractivity contribution in [1.82, 2.24) is 4.72 Å². The van der Waals surface area contributed by atoms with E-state index in [1.165, 1.54) is 6.08 Å². The summed E-state index contributed by atoms with van der Waals surface area (Å²) in [6.07, 6.45) is 0.0885. The van der Waals surface area contributed by atoms with Crippen LogP contribution < -0.4 is 10.0 Å². The van der Waals surface area contributed by atoms with Gasteiger partial charge in [0.05, 0.1) is 29.8 Å². The van der Waals surface area contributed by atoms with Gasteiger partial charge in [0.2, 0.25) is 10.0 Å². The zero-order valence-corrected chi connectivity index (χ0v) is 18.4. The molecule has 4 rings (SSSR count). The zero-order chi connectivity index (χ0) is 23.8. The van der Waals surface area contributed by atoms with E-state index in [0.29, 0.717) is 16.0 Å². The van der Waals surface area contributed by atoms with Gasteiger partial charge in [0.25, 0.3) is 0 Å². The van der Waals surface area contributed by atoms with Gasteiger partial charge in [-0.15, -0.1) is 11.3 Å². The Hall–Kier alpha value is -3.10. The molecule has 0 bridgehead atoms. The average molecular weight is 495 g/mol. The van der Waals surface area contributed by atoms with Crippen LogP contribution in [-0.2, 0) is 42.1 Å². The monoisotopic (exact) mass is 494 g/mol. The number of anilines is 1. The summed E-state index contributed by atoms with van der Waals surface area (Å²) in [7, 11) is -3.74. The van der Waals surface area contributed by atoms with E-state index in [0.717, 1.165) is 11.3 Å². The quantitative estimate of drug-likeness (QED) is 0.432. The molecule has 11 nitrogen and oxygen atoms in total. The van der Waals surface area contributed by atoms with Crippen molar-refractivity contribution >= 4 is 49.1 Å². The first-order chi connectivity index (χ1) is 15.7. The molecule has 2 unspecified atom stereocenters. The number of carboxylic acid groups (broad SMARTS) is 2. The highest BCUT2D eigenvalue weighted by Crippen LogP contribution is 2.38. The third kappa shape index (κ3) is 4.82. The van der Waals surface area contributed by atoms with E-state index in [2.05, 4.69) is 10.0 Å². The van der Waals surface area contributed by atoms with E-state index >= 15 is 0 Å². The number of nitrogens with one attached hydrogen (secondary N) is 2. The number of amides is 1. The number of aromatic carboxylic acids is 1. The van der Waals surface area contributed by atoms with Gasteiger partial charge in [-0.1, -0.05) is 30.3 Å². The maximum absolute atomic E-state index is 12.4. The number of aliphatic carboxylic acids is 1. The molecule has 0 spiro atoms. The van der Waals surface area contributed by atoms with E-state index in [4.69, 9.17) is 14.6 Å². The number of ether oxygens (including phenoxy) is 2. The zero-order valence-electron chi connectivity index (χ0n) is 16.8. The first kappa shape index (κ1) is 23.1. The predicted octanol–water partition coefficient (Wildman–Crippen LogP) is 1.23. The smallest absolute Gasteiger partial charge is 0.394 e. The molecule has 1 aromatic heterocycles. The standard InChI is InChI=1S/C20H18N2O9S2/c23-17(20(26)27)21-18-16(19(24)25)12-6-11(30-9-13(12)32-18)8-31-15-7-14(33(28,29)22-15)10-4-2-1-3-5-10/h1-5,7,11,15,22H,6,8-9H2,(H,21,23)(H,24,25)(H,26,27). The van der Waals surface area contributed by atoms with Gasteiger partial charge in [0.1, 0.15) is 11.2 Å². The van der Waals surface area contributed by atoms with Gasteiger partial charge in [-0.3, -0.25) is 4.79 Å². The van der Waals surface area contributed by atoms with E-state index in [9.17, 15) is 27.9 Å². The first-order valence-electron chi connectivity index (χ1n) is 9.60. The second-order valence-corrected chi connectivity index (χ2v) is 9.97. The Balaban J connectivity index is 1.46. The molecule has 2 aliphatic rings. The summed E-state index contributed by atoms with van der Waals surface area (Å²) in [5.74, 6) is -4.39. The molecule has 1 amide bonds. The van der Waals surface area contributed by atoms with Crippen molar-refractivity contribution in [2.75, 3.05) is 11.9 Å². The van der Waals surface area contributed by atoms with Gasteiger partial charge < -0.3 is 25.0 Å². The topological polar surface area (TPSA) is 168 Å².